The van der Waals surface area contributed by atoms with Crippen LogP contribution >= 0.6 is 15.9 Å². The molecule has 1 fully saturated rings. The molecule has 3 heteroatoms. The minimum atomic E-state index is 0.717. The first-order valence-corrected chi connectivity index (χ1v) is 6.88. The third-order valence-electron chi connectivity index (χ3n) is 3.69. The lowest BCUT2D eigenvalue weighted by Crippen LogP contribution is -2.40. The molecule has 1 aromatic carbocycles. The number of rotatable bonds is 2. The van der Waals surface area contributed by atoms with E-state index in [9.17, 15) is 0 Å². The third kappa shape index (κ3) is 1.98. The van der Waals surface area contributed by atoms with E-state index in [1.165, 1.54) is 48.2 Å². The average molecular weight is 281 g/mol. The van der Waals surface area contributed by atoms with Gasteiger partial charge in [0.25, 0.3) is 0 Å². The molecule has 0 amide bonds. The topological polar surface area (TPSA) is 15.3 Å². The molecule has 2 aliphatic heterocycles. The number of nitrogens with zero attached hydrogens (tertiary/aromatic N) is 1. The van der Waals surface area contributed by atoms with Crippen molar-refractivity contribution in [1.29, 1.82) is 0 Å². The van der Waals surface area contributed by atoms with E-state index < -0.39 is 0 Å². The predicted molar refractivity (Wildman–Crippen MR) is 71.0 cm³/mol. The zero-order valence-corrected chi connectivity index (χ0v) is 11.0. The van der Waals surface area contributed by atoms with Gasteiger partial charge in [-0.15, -0.1) is 0 Å². The van der Waals surface area contributed by atoms with E-state index in [0.29, 0.717) is 5.92 Å². The zero-order valence-electron chi connectivity index (χ0n) is 9.38. The number of likely N-dealkylation sites (tertiary alicyclic amines) is 1. The molecule has 0 bridgehead atoms. The van der Waals surface area contributed by atoms with Crippen LogP contribution in [0.2, 0.25) is 0 Å². The van der Waals surface area contributed by atoms with Crippen molar-refractivity contribution in [2.24, 2.45) is 0 Å². The third-order valence-corrected chi connectivity index (χ3v) is 4.18. The van der Waals surface area contributed by atoms with Crippen molar-refractivity contribution in [2.75, 3.05) is 31.5 Å². The largest absolute Gasteiger partial charge is 0.385 e. The van der Waals surface area contributed by atoms with Crippen molar-refractivity contribution < 1.29 is 0 Å². The van der Waals surface area contributed by atoms with Gasteiger partial charge in [0.1, 0.15) is 0 Å². The van der Waals surface area contributed by atoms with Crippen LogP contribution in [0.3, 0.4) is 0 Å². The van der Waals surface area contributed by atoms with E-state index in [2.05, 4.69) is 44.3 Å². The smallest absolute Gasteiger partial charge is 0.0376 e. The molecule has 2 aliphatic rings. The van der Waals surface area contributed by atoms with Crippen molar-refractivity contribution in [1.82, 2.24) is 4.90 Å². The van der Waals surface area contributed by atoms with Gasteiger partial charge in [0.2, 0.25) is 0 Å². The molecule has 3 rings (SSSR count). The summed E-state index contributed by atoms with van der Waals surface area (Å²) in [5, 5.41) is 3.49. The van der Waals surface area contributed by atoms with Gasteiger partial charge in [0, 0.05) is 29.2 Å². The summed E-state index contributed by atoms with van der Waals surface area (Å²) >= 11 is 3.57. The van der Waals surface area contributed by atoms with E-state index in [0.717, 1.165) is 6.54 Å². The predicted octanol–water partition coefficient (Wildman–Crippen LogP) is 3.05. The minimum absolute atomic E-state index is 0.717. The van der Waals surface area contributed by atoms with Gasteiger partial charge in [0.05, 0.1) is 0 Å². The number of fused-ring (bicyclic) bond motifs is 1. The van der Waals surface area contributed by atoms with Crippen molar-refractivity contribution in [3.8, 4) is 0 Å². The summed E-state index contributed by atoms with van der Waals surface area (Å²) in [6, 6.07) is 6.60. The Balaban J connectivity index is 1.83. The quantitative estimate of drug-likeness (QED) is 0.896. The van der Waals surface area contributed by atoms with Crippen LogP contribution in [0, 0.1) is 0 Å². The first-order chi connectivity index (χ1) is 7.83. The molecule has 1 atom stereocenters. The Labute approximate surface area is 105 Å². The highest BCUT2D eigenvalue weighted by Gasteiger charge is 2.24. The number of benzene rings is 1. The summed E-state index contributed by atoms with van der Waals surface area (Å²) in [7, 11) is 0. The number of hydrogen-bond donors (Lipinski definition) is 1. The van der Waals surface area contributed by atoms with Gasteiger partial charge in [0.15, 0.2) is 0 Å². The lowest BCUT2D eigenvalue weighted by molar-refractivity contribution is 0.167. The van der Waals surface area contributed by atoms with Gasteiger partial charge >= 0.3 is 0 Å². The van der Waals surface area contributed by atoms with Crippen molar-refractivity contribution in [2.45, 2.75) is 18.8 Å². The summed E-state index contributed by atoms with van der Waals surface area (Å²) in [4.78, 5) is 2.57. The second-order valence-electron chi connectivity index (χ2n) is 4.80. The summed E-state index contributed by atoms with van der Waals surface area (Å²) in [5.41, 5.74) is 2.83. The van der Waals surface area contributed by atoms with Crippen LogP contribution in [-0.2, 0) is 0 Å². The van der Waals surface area contributed by atoms with E-state index >= 15 is 0 Å². The van der Waals surface area contributed by atoms with Gasteiger partial charge in [-0.1, -0.05) is 15.9 Å². The lowest BCUT2D eigenvalue weighted by atomic mass is 9.90. The van der Waals surface area contributed by atoms with Gasteiger partial charge < -0.3 is 10.2 Å². The van der Waals surface area contributed by atoms with Gasteiger partial charge in [-0.3, -0.25) is 0 Å². The number of halogens is 1. The van der Waals surface area contributed by atoms with E-state index in [-0.39, 0.29) is 0 Å². The van der Waals surface area contributed by atoms with Gasteiger partial charge in [-0.25, -0.2) is 0 Å². The molecule has 1 aromatic rings. The zero-order chi connectivity index (χ0) is 11.0. The maximum absolute atomic E-state index is 3.57. The molecule has 0 aromatic heterocycles. The molecular formula is C13H17BrN2. The van der Waals surface area contributed by atoms with Gasteiger partial charge in [-0.05, 0) is 49.7 Å². The Morgan fingerprint density at radius 1 is 1.38 bits per heavy atom. The SMILES string of the molecule is Brc1ccc2c(c1)C(CN1CCC1)CCN2. The second kappa shape index (κ2) is 4.38. The molecule has 2 heterocycles. The molecule has 0 radical (unpaired) electrons. The highest BCUT2D eigenvalue weighted by Crippen LogP contribution is 2.34. The number of anilines is 1. The van der Waals surface area contributed by atoms with Crippen LogP contribution in [0.4, 0.5) is 5.69 Å². The fourth-order valence-electron chi connectivity index (χ4n) is 2.63. The Morgan fingerprint density at radius 3 is 3.00 bits per heavy atom. The highest BCUT2D eigenvalue weighted by molar-refractivity contribution is 9.10. The van der Waals surface area contributed by atoms with E-state index in [1.54, 1.807) is 0 Å². The second-order valence-corrected chi connectivity index (χ2v) is 5.71. The highest BCUT2D eigenvalue weighted by atomic mass is 79.9. The molecule has 0 saturated carbocycles. The molecule has 0 aliphatic carbocycles. The number of hydrogen-bond acceptors (Lipinski definition) is 2. The molecule has 86 valence electrons. The van der Waals surface area contributed by atoms with E-state index in [1.807, 2.05) is 0 Å². The summed E-state index contributed by atoms with van der Waals surface area (Å²) in [5.74, 6) is 0.717. The normalized spacial score (nSPS) is 24.4. The Morgan fingerprint density at radius 2 is 2.25 bits per heavy atom. The average Bonchev–Trinajstić information content (AvgIpc) is 2.23. The van der Waals surface area contributed by atoms with Crippen LogP contribution in [0.5, 0.6) is 0 Å². The molecule has 16 heavy (non-hydrogen) atoms. The Hall–Kier alpha value is -0.540. The van der Waals surface area contributed by atoms with Crippen molar-refractivity contribution in [3.63, 3.8) is 0 Å². The van der Waals surface area contributed by atoms with Gasteiger partial charge in [-0.2, -0.15) is 0 Å². The first-order valence-electron chi connectivity index (χ1n) is 6.08. The molecule has 2 nitrogen and oxygen atoms in total. The van der Waals surface area contributed by atoms with Crippen LogP contribution in [0.1, 0.15) is 24.3 Å². The molecular weight excluding hydrogens is 264 g/mol. The first kappa shape index (κ1) is 10.6. The number of nitrogens with one attached hydrogen (secondary N) is 1. The van der Waals surface area contributed by atoms with Crippen molar-refractivity contribution in [3.05, 3.63) is 28.2 Å². The molecule has 1 unspecified atom stereocenters. The monoisotopic (exact) mass is 280 g/mol. The molecule has 1 N–H and O–H groups in total. The maximum atomic E-state index is 3.57. The standard InChI is InChI=1S/C13H17BrN2/c14-11-2-3-13-12(8-11)10(4-5-15-13)9-16-6-1-7-16/h2-3,8,10,15H,1,4-7,9H2. The molecule has 1 saturated heterocycles. The summed E-state index contributed by atoms with van der Waals surface area (Å²) in [6.45, 7) is 4.96. The molecule has 0 spiro atoms. The van der Waals surface area contributed by atoms with Crippen LogP contribution in [0.25, 0.3) is 0 Å². The van der Waals surface area contributed by atoms with E-state index in [4.69, 9.17) is 0 Å². The van der Waals surface area contributed by atoms with Crippen molar-refractivity contribution >= 4 is 21.6 Å². The summed E-state index contributed by atoms with van der Waals surface area (Å²) in [6.07, 6.45) is 2.65. The van der Waals surface area contributed by atoms with Crippen LogP contribution in [0.15, 0.2) is 22.7 Å². The van der Waals surface area contributed by atoms with Crippen LogP contribution in [-0.4, -0.2) is 31.1 Å². The van der Waals surface area contributed by atoms with Crippen LogP contribution < -0.4 is 5.32 Å². The minimum Gasteiger partial charge on any atom is -0.385 e. The summed E-state index contributed by atoms with van der Waals surface area (Å²) < 4.78 is 1.20. The maximum Gasteiger partial charge on any atom is 0.0376 e. The fraction of sp³-hybridized carbons (Fsp3) is 0.538. The lowest BCUT2D eigenvalue weighted by Gasteiger charge is -2.36. The Bertz CT molecular complexity index is 388. The fourth-order valence-corrected chi connectivity index (χ4v) is 3.01. The Kier molecular flexibility index (Phi) is 2.90.